The number of hydrogen-bond donors (Lipinski definition) is 2. The van der Waals surface area contributed by atoms with Gasteiger partial charge in [0.15, 0.2) is 5.54 Å². The standard InChI is InChI=1S/C6H12N2O2/c1-4(2)6(8,3-9)5(7)10/h3-4H,8H2,1-2H3,(H2,7,10)/t6-/m0/s1. The number of amides is 1. The molecular formula is C6H12N2O2. The third kappa shape index (κ3) is 1.33. The van der Waals surface area contributed by atoms with Crippen molar-refractivity contribution in [2.24, 2.45) is 17.4 Å². The molecule has 0 aliphatic heterocycles. The maximum Gasteiger partial charge on any atom is 0.245 e. The van der Waals surface area contributed by atoms with Gasteiger partial charge in [0.1, 0.15) is 6.29 Å². The summed E-state index contributed by atoms with van der Waals surface area (Å²) < 4.78 is 0. The first-order valence-corrected chi connectivity index (χ1v) is 3.00. The summed E-state index contributed by atoms with van der Waals surface area (Å²) in [6.45, 7) is 3.33. The number of primary amides is 1. The van der Waals surface area contributed by atoms with E-state index >= 15 is 0 Å². The molecule has 0 aliphatic carbocycles. The minimum atomic E-state index is -1.50. The van der Waals surface area contributed by atoms with E-state index in [0.717, 1.165) is 0 Å². The highest BCUT2D eigenvalue weighted by molar-refractivity contribution is 6.00. The van der Waals surface area contributed by atoms with Gasteiger partial charge in [0.25, 0.3) is 0 Å². The lowest BCUT2D eigenvalue weighted by molar-refractivity contribution is -0.130. The molecule has 1 amide bonds. The molecule has 0 aromatic rings. The Morgan fingerprint density at radius 3 is 2.00 bits per heavy atom. The maximum atomic E-state index is 10.6. The highest BCUT2D eigenvalue weighted by Gasteiger charge is 2.34. The average molecular weight is 144 g/mol. The zero-order valence-electron chi connectivity index (χ0n) is 6.13. The second kappa shape index (κ2) is 2.79. The molecule has 0 spiro atoms. The number of hydrogen-bond acceptors (Lipinski definition) is 3. The normalized spacial score (nSPS) is 16.4. The van der Waals surface area contributed by atoms with Gasteiger partial charge in [0.2, 0.25) is 5.91 Å². The third-order valence-corrected chi connectivity index (χ3v) is 1.58. The predicted molar refractivity (Wildman–Crippen MR) is 37.0 cm³/mol. The number of nitrogens with two attached hydrogens (primary N) is 2. The van der Waals surface area contributed by atoms with Crippen LogP contribution in [0.1, 0.15) is 13.8 Å². The van der Waals surface area contributed by atoms with E-state index < -0.39 is 11.4 Å². The molecule has 0 heterocycles. The lowest BCUT2D eigenvalue weighted by Crippen LogP contribution is -2.57. The van der Waals surface area contributed by atoms with E-state index in [1.807, 2.05) is 0 Å². The molecule has 0 aromatic carbocycles. The van der Waals surface area contributed by atoms with Crippen molar-refractivity contribution in [1.29, 1.82) is 0 Å². The van der Waals surface area contributed by atoms with Crippen LogP contribution in [0.15, 0.2) is 0 Å². The fourth-order valence-corrected chi connectivity index (χ4v) is 0.479. The van der Waals surface area contributed by atoms with Crippen molar-refractivity contribution in [3.8, 4) is 0 Å². The minimum absolute atomic E-state index is 0.262. The highest BCUT2D eigenvalue weighted by Crippen LogP contribution is 2.09. The molecular weight excluding hydrogens is 132 g/mol. The summed E-state index contributed by atoms with van der Waals surface area (Å²) in [6.07, 6.45) is 0.389. The zero-order chi connectivity index (χ0) is 8.36. The fourth-order valence-electron chi connectivity index (χ4n) is 0.479. The molecule has 0 radical (unpaired) electrons. The summed E-state index contributed by atoms with van der Waals surface area (Å²) in [5.74, 6) is -1.04. The quantitative estimate of drug-likeness (QED) is 0.394. The molecule has 0 fully saturated rings. The summed E-state index contributed by atoms with van der Waals surface area (Å²) in [5.41, 5.74) is 8.73. The number of carbonyl (C=O) groups is 2. The van der Waals surface area contributed by atoms with Crippen LogP contribution in [0.2, 0.25) is 0 Å². The summed E-state index contributed by atoms with van der Waals surface area (Å²) in [4.78, 5) is 20.8. The Labute approximate surface area is 59.6 Å². The van der Waals surface area contributed by atoms with Crippen LogP contribution in [0.4, 0.5) is 0 Å². The van der Waals surface area contributed by atoms with Gasteiger partial charge in [-0.1, -0.05) is 13.8 Å². The number of carbonyl (C=O) groups excluding carboxylic acids is 2. The van der Waals surface area contributed by atoms with Crippen molar-refractivity contribution in [2.75, 3.05) is 0 Å². The molecule has 0 aliphatic rings. The van der Waals surface area contributed by atoms with Crippen LogP contribution >= 0.6 is 0 Å². The second-order valence-electron chi connectivity index (χ2n) is 2.57. The zero-order valence-corrected chi connectivity index (χ0v) is 6.13. The first-order valence-electron chi connectivity index (χ1n) is 3.00. The van der Waals surface area contributed by atoms with Crippen molar-refractivity contribution in [2.45, 2.75) is 19.4 Å². The lowest BCUT2D eigenvalue weighted by atomic mass is 9.88. The molecule has 0 aromatic heterocycles. The summed E-state index contributed by atoms with van der Waals surface area (Å²) in [6, 6.07) is 0. The monoisotopic (exact) mass is 144 g/mol. The van der Waals surface area contributed by atoms with Crippen molar-refractivity contribution in [3.05, 3.63) is 0 Å². The van der Waals surface area contributed by atoms with E-state index in [-0.39, 0.29) is 5.92 Å². The SMILES string of the molecule is CC(C)[C@@](N)(C=O)C(N)=O. The Hall–Kier alpha value is -0.900. The van der Waals surface area contributed by atoms with Crippen molar-refractivity contribution in [3.63, 3.8) is 0 Å². The first-order chi connectivity index (χ1) is 4.45. The van der Waals surface area contributed by atoms with Gasteiger partial charge in [-0.05, 0) is 5.92 Å². The Morgan fingerprint density at radius 2 is 2.00 bits per heavy atom. The fraction of sp³-hybridized carbons (Fsp3) is 0.667. The number of rotatable bonds is 3. The average Bonchev–Trinajstić information content (AvgIpc) is 1.85. The minimum Gasteiger partial charge on any atom is -0.368 e. The van der Waals surface area contributed by atoms with Crippen molar-refractivity contribution >= 4 is 12.2 Å². The molecule has 4 heteroatoms. The Bertz CT molecular complexity index is 156. The van der Waals surface area contributed by atoms with Crippen LogP contribution in [0.25, 0.3) is 0 Å². The third-order valence-electron chi connectivity index (χ3n) is 1.58. The van der Waals surface area contributed by atoms with Gasteiger partial charge in [-0.15, -0.1) is 0 Å². The molecule has 0 saturated carbocycles. The van der Waals surface area contributed by atoms with Gasteiger partial charge in [0.05, 0.1) is 0 Å². The molecule has 0 saturated heterocycles. The first kappa shape index (κ1) is 9.10. The number of aldehydes is 1. The van der Waals surface area contributed by atoms with Gasteiger partial charge in [-0.25, -0.2) is 0 Å². The van der Waals surface area contributed by atoms with Crippen molar-refractivity contribution in [1.82, 2.24) is 0 Å². The van der Waals surface area contributed by atoms with E-state index in [4.69, 9.17) is 11.5 Å². The van der Waals surface area contributed by atoms with Gasteiger partial charge in [-0.2, -0.15) is 0 Å². The van der Waals surface area contributed by atoms with Crippen LogP contribution in [-0.4, -0.2) is 17.7 Å². The molecule has 4 N–H and O–H groups in total. The Kier molecular flexibility index (Phi) is 2.54. The topological polar surface area (TPSA) is 86.2 Å². The van der Waals surface area contributed by atoms with E-state index in [1.54, 1.807) is 13.8 Å². The molecule has 58 valence electrons. The molecule has 0 bridgehead atoms. The largest absolute Gasteiger partial charge is 0.368 e. The lowest BCUT2D eigenvalue weighted by Gasteiger charge is -2.22. The van der Waals surface area contributed by atoms with E-state index in [2.05, 4.69) is 0 Å². The predicted octanol–water partition coefficient (Wildman–Crippen LogP) is -0.976. The maximum absolute atomic E-state index is 10.6. The Morgan fingerprint density at radius 1 is 1.60 bits per heavy atom. The van der Waals surface area contributed by atoms with Gasteiger partial charge in [0, 0.05) is 0 Å². The van der Waals surface area contributed by atoms with E-state index in [0.29, 0.717) is 6.29 Å². The van der Waals surface area contributed by atoms with Crippen LogP contribution < -0.4 is 11.5 Å². The summed E-state index contributed by atoms with van der Waals surface area (Å²) in [7, 11) is 0. The summed E-state index contributed by atoms with van der Waals surface area (Å²) >= 11 is 0. The van der Waals surface area contributed by atoms with Crippen LogP contribution in [0, 0.1) is 5.92 Å². The smallest absolute Gasteiger partial charge is 0.245 e. The molecule has 1 atom stereocenters. The highest BCUT2D eigenvalue weighted by atomic mass is 16.2. The molecule has 0 unspecified atom stereocenters. The van der Waals surface area contributed by atoms with E-state index in [1.165, 1.54) is 0 Å². The second-order valence-corrected chi connectivity index (χ2v) is 2.57. The van der Waals surface area contributed by atoms with Crippen LogP contribution in [-0.2, 0) is 9.59 Å². The van der Waals surface area contributed by atoms with Crippen LogP contribution in [0.3, 0.4) is 0 Å². The van der Waals surface area contributed by atoms with Gasteiger partial charge < -0.3 is 16.3 Å². The summed E-state index contributed by atoms with van der Waals surface area (Å²) in [5, 5.41) is 0. The van der Waals surface area contributed by atoms with Gasteiger partial charge >= 0.3 is 0 Å². The molecule has 4 nitrogen and oxygen atoms in total. The van der Waals surface area contributed by atoms with E-state index in [9.17, 15) is 9.59 Å². The van der Waals surface area contributed by atoms with Gasteiger partial charge in [-0.3, -0.25) is 4.79 Å². The van der Waals surface area contributed by atoms with Crippen LogP contribution in [0.5, 0.6) is 0 Å². The Balaban J connectivity index is 4.54. The molecule has 10 heavy (non-hydrogen) atoms. The molecule has 0 rings (SSSR count). The van der Waals surface area contributed by atoms with Crippen molar-refractivity contribution < 1.29 is 9.59 Å².